The largest absolute Gasteiger partial charge is 0.381 e. The van der Waals surface area contributed by atoms with E-state index in [4.69, 9.17) is 10.5 Å². The van der Waals surface area contributed by atoms with Crippen molar-refractivity contribution in [3.05, 3.63) is 12.4 Å². The van der Waals surface area contributed by atoms with Gasteiger partial charge in [0.1, 0.15) is 4.90 Å². The Hall–Kier alpha value is -0.960. The van der Waals surface area contributed by atoms with Crippen LogP contribution in [0.1, 0.15) is 19.3 Å². The topological polar surface area (TPSA) is 99.2 Å². The minimum atomic E-state index is -3.48. The molecule has 0 saturated carbocycles. The van der Waals surface area contributed by atoms with E-state index >= 15 is 0 Å². The third kappa shape index (κ3) is 4.27. The van der Waals surface area contributed by atoms with Gasteiger partial charge in [0.05, 0.1) is 12.8 Å². The second-order valence-electron chi connectivity index (χ2n) is 5.02. The molecule has 8 heteroatoms. The van der Waals surface area contributed by atoms with Gasteiger partial charge in [-0.1, -0.05) is 0 Å². The Labute approximate surface area is 119 Å². The molecule has 114 valence electrons. The molecule has 20 heavy (non-hydrogen) atoms. The molecule has 1 saturated heterocycles. The molecule has 1 unspecified atom stereocenters. The Morgan fingerprint density at radius 1 is 1.55 bits per heavy atom. The fourth-order valence-electron chi connectivity index (χ4n) is 2.14. The van der Waals surface area contributed by atoms with E-state index in [1.807, 2.05) is 0 Å². The van der Waals surface area contributed by atoms with E-state index in [0.717, 1.165) is 25.9 Å². The highest BCUT2D eigenvalue weighted by Gasteiger charge is 2.20. The first-order valence-electron chi connectivity index (χ1n) is 6.92. The van der Waals surface area contributed by atoms with Gasteiger partial charge in [0.25, 0.3) is 0 Å². The van der Waals surface area contributed by atoms with Crippen molar-refractivity contribution >= 4 is 10.0 Å². The molecule has 0 spiro atoms. The van der Waals surface area contributed by atoms with Gasteiger partial charge < -0.3 is 10.5 Å². The average molecular weight is 302 g/mol. The number of nitrogens with zero attached hydrogens (tertiary/aromatic N) is 2. The molecule has 0 aromatic carbocycles. The van der Waals surface area contributed by atoms with Crippen molar-refractivity contribution in [1.82, 2.24) is 14.5 Å². The fourth-order valence-corrected chi connectivity index (χ4v) is 3.21. The van der Waals surface area contributed by atoms with E-state index in [1.165, 1.54) is 12.4 Å². The van der Waals surface area contributed by atoms with E-state index in [2.05, 4.69) is 9.82 Å². The lowest BCUT2D eigenvalue weighted by Crippen LogP contribution is -2.33. The van der Waals surface area contributed by atoms with E-state index < -0.39 is 10.0 Å². The summed E-state index contributed by atoms with van der Waals surface area (Å²) in [6.45, 7) is 3.00. The molecule has 0 aliphatic carbocycles. The minimum absolute atomic E-state index is 0.200. The van der Waals surface area contributed by atoms with Gasteiger partial charge in [-0.2, -0.15) is 5.10 Å². The Kier molecular flexibility index (Phi) is 5.53. The molecule has 0 bridgehead atoms. The maximum atomic E-state index is 12.1. The number of aromatic nitrogens is 2. The summed E-state index contributed by atoms with van der Waals surface area (Å²) in [4.78, 5) is 0.200. The average Bonchev–Trinajstić information content (AvgIpc) is 2.94. The second kappa shape index (κ2) is 7.16. The summed E-state index contributed by atoms with van der Waals surface area (Å²) in [5.41, 5.74) is 5.42. The molecule has 1 aliphatic heterocycles. The first-order chi connectivity index (χ1) is 9.62. The molecule has 2 heterocycles. The second-order valence-corrected chi connectivity index (χ2v) is 6.78. The van der Waals surface area contributed by atoms with Crippen LogP contribution in [0.2, 0.25) is 0 Å². The molecule has 7 nitrogen and oxygen atoms in total. The van der Waals surface area contributed by atoms with Gasteiger partial charge in [-0.3, -0.25) is 4.68 Å². The molecule has 1 aliphatic rings. The minimum Gasteiger partial charge on any atom is -0.381 e. The molecule has 3 N–H and O–H groups in total. The summed E-state index contributed by atoms with van der Waals surface area (Å²) in [5.74, 6) is 0.255. The van der Waals surface area contributed by atoms with Gasteiger partial charge in [0, 0.05) is 25.9 Å². The lowest BCUT2D eigenvalue weighted by molar-refractivity contribution is 0.0568. The summed E-state index contributed by atoms with van der Waals surface area (Å²) in [5, 5.41) is 4.03. The van der Waals surface area contributed by atoms with Crippen molar-refractivity contribution < 1.29 is 13.2 Å². The molecule has 0 amide bonds. The van der Waals surface area contributed by atoms with E-state index in [1.54, 1.807) is 4.68 Å². The third-order valence-corrected chi connectivity index (χ3v) is 4.71. The quantitative estimate of drug-likeness (QED) is 0.735. The third-order valence-electron chi connectivity index (χ3n) is 3.33. The predicted molar refractivity (Wildman–Crippen MR) is 74.6 cm³/mol. The zero-order chi connectivity index (χ0) is 14.4. The number of rotatable bonds is 7. The van der Waals surface area contributed by atoms with Gasteiger partial charge >= 0.3 is 0 Å². The van der Waals surface area contributed by atoms with Crippen molar-refractivity contribution in [2.75, 3.05) is 26.3 Å². The molecular weight excluding hydrogens is 280 g/mol. The van der Waals surface area contributed by atoms with Crippen LogP contribution < -0.4 is 10.5 Å². The number of ether oxygens (including phenoxy) is 1. The number of hydrogen-bond acceptors (Lipinski definition) is 5. The molecule has 0 radical (unpaired) electrons. The van der Waals surface area contributed by atoms with E-state index in [0.29, 0.717) is 26.2 Å². The zero-order valence-electron chi connectivity index (χ0n) is 11.5. The zero-order valence-corrected chi connectivity index (χ0v) is 12.3. The van der Waals surface area contributed by atoms with Gasteiger partial charge in [-0.15, -0.1) is 0 Å². The highest BCUT2D eigenvalue weighted by Crippen LogP contribution is 2.14. The monoisotopic (exact) mass is 302 g/mol. The Morgan fingerprint density at radius 3 is 3.10 bits per heavy atom. The van der Waals surface area contributed by atoms with Crippen molar-refractivity contribution in [3.63, 3.8) is 0 Å². The summed E-state index contributed by atoms with van der Waals surface area (Å²) in [6.07, 6.45) is 5.67. The van der Waals surface area contributed by atoms with Gasteiger partial charge in [0.2, 0.25) is 10.0 Å². The number of nitrogens with two attached hydrogens (primary N) is 1. The highest BCUT2D eigenvalue weighted by molar-refractivity contribution is 7.89. The molecule has 2 rings (SSSR count). The SMILES string of the molecule is NCCCn1cc(S(=O)(=O)NCC2CCCOC2)cn1. The summed E-state index contributed by atoms with van der Waals surface area (Å²) < 4.78 is 33.8. The van der Waals surface area contributed by atoms with Crippen LogP contribution in [-0.4, -0.2) is 44.5 Å². The Bertz CT molecular complexity index is 509. The summed E-state index contributed by atoms with van der Waals surface area (Å²) >= 11 is 0. The van der Waals surface area contributed by atoms with Crippen LogP contribution in [0.5, 0.6) is 0 Å². The molecular formula is C12H22N4O3S. The first kappa shape index (κ1) is 15.4. The highest BCUT2D eigenvalue weighted by atomic mass is 32.2. The lowest BCUT2D eigenvalue weighted by atomic mass is 10.0. The van der Waals surface area contributed by atoms with Crippen LogP contribution in [0.4, 0.5) is 0 Å². The van der Waals surface area contributed by atoms with Gasteiger partial charge in [-0.25, -0.2) is 13.1 Å². The Balaban J connectivity index is 1.90. The van der Waals surface area contributed by atoms with Crippen LogP contribution in [0.25, 0.3) is 0 Å². The number of sulfonamides is 1. The predicted octanol–water partition coefficient (Wildman–Crippen LogP) is -0.0632. The first-order valence-corrected chi connectivity index (χ1v) is 8.40. The van der Waals surface area contributed by atoms with E-state index in [9.17, 15) is 8.42 Å². The molecule has 1 fully saturated rings. The van der Waals surface area contributed by atoms with Crippen LogP contribution in [0.3, 0.4) is 0 Å². The normalized spacial score (nSPS) is 20.1. The van der Waals surface area contributed by atoms with Crippen molar-refractivity contribution in [2.45, 2.75) is 30.7 Å². The van der Waals surface area contributed by atoms with Crippen LogP contribution in [0.15, 0.2) is 17.3 Å². The summed E-state index contributed by atoms with van der Waals surface area (Å²) in [7, 11) is -3.48. The van der Waals surface area contributed by atoms with Gasteiger partial charge in [0.15, 0.2) is 0 Å². The summed E-state index contributed by atoms with van der Waals surface area (Å²) in [6, 6.07) is 0. The van der Waals surface area contributed by atoms with Gasteiger partial charge in [-0.05, 0) is 31.7 Å². The molecule has 1 aromatic heterocycles. The van der Waals surface area contributed by atoms with Crippen LogP contribution >= 0.6 is 0 Å². The standard InChI is InChI=1S/C12H22N4O3S/c13-4-2-5-16-9-12(8-14-16)20(17,18)15-7-11-3-1-6-19-10-11/h8-9,11,15H,1-7,10,13H2. The smallest absolute Gasteiger partial charge is 0.243 e. The lowest BCUT2D eigenvalue weighted by Gasteiger charge is -2.21. The molecule has 1 aromatic rings. The number of nitrogens with one attached hydrogen (secondary N) is 1. The maximum absolute atomic E-state index is 12.1. The number of aryl methyl sites for hydroxylation is 1. The number of hydrogen-bond donors (Lipinski definition) is 2. The Morgan fingerprint density at radius 2 is 2.40 bits per heavy atom. The van der Waals surface area contributed by atoms with Crippen molar-refractivity contribution in [2.24, 2.45) is 11.7 Å². The maximum Gasteiger partial charge on any atom is 0.243 e. The van der Waals surface area contributed by atoms with Crippen molar-refractivity contribution in [3.8, 4) is 0 Å². The fraction of sp³-hybridized carbons (Fsp3) is 0.750. The van der Waals surface area contributed by atoms with Crippen LogP contribution in [0, 0.1) is 5.92 Å². The van der Waals surface area contributed by atoms with E-state index in [-0.39, 0.29) is 10.8 Å². The van der Waals surface area contributed by atoms with Crippen LogP contribution in [-0.2, 0) is 21.3 Å². The molecule has 1 atom stereocenters. The van der Waals surface area contributed by atoms with Crippen molar-refractivity contribution in [1.29, 1.82) is 0 Å².